The first-order valence-corrected chi connectivity index (χ1v) is 4.09. The normalized spacial score (nSPS) is 18.2. The van der Waals surface area contributed by atoms with E-state index in [1.165, 1.54) is 5.01 Å². The van der Waals surface area contributed by atoms with Gasteiger partial charge < -0.3 is 0 Å². The van der Waals surface area contributed by atoms with E-state index in [0.717, 1.165) is 5.70 Å². The summed E-state index contributed by atoms with van der Waals surface area (Å²) in [6.07, 6.45) is 5.10. The molecular formula is C8H8Cl2N2. The first kappa shape index (κ1) is 9.36. The second-order valence-electron chi connectivity index (χ2n) is 2.31. The van der Waals surface area contributed by atoms with Crippen molar-refractivity contribution < 1.29 is 0 Å². The van der Waals surface area contributed by atoms with Crippen LogP contribution in [0.2, 0.25) is 0 Å². The SMILES string of the molecule is C=C1C=CC(Cl)=NN1/C=C(\C)Cl. The number of halogens is 2. The molecule has 0 unspecified atom stereocenters. The monoisotopic (exact) mass is 202 g/mol. The van der Waals surface area contributed by atoms with Crippen molar-refractivity contribution in [3.63, 3.8) is 0 Å². The Morgan fingerprint density at radius 2 is 2.33 bits per heavy atom. The summed E-state index contributed by atoms with van der Waals surface area (Å²) in [7, 11) is 0. The van der Waals surface area contributed by atoms with Gasteiger partial charge in [0.1, 0.15) is 5.17 Å². The van der Waals surface area contributed by atoms with E-state index in [1.54, 1.807) is 25.3 Å². The lowest BCUT2D eigenvalue weighted by molar-refractivity contribution is 0.512. The van der Waals surface area contributed by atoms with Crippen LogP contribution in [-0.4, -0.2) is 10.2 Å². The van der Waals surface area contributed by atoms with E-state index in [-0.39, 0.29) is 0 Å². The van der Waals surface area contributed by atoms with E-state index >= 15 is 0 Å². The molecule has 1 aliphatic heterocycles. The van der Waals surface area contributed by atoms with Crippen molar-refractivity contribution in [3.05, 3.63) is 35.7 Å². The summed E-state index contributed by atoms with van der Waals surface area (Å²) >= 11 is 11.3. The molecule has 0 aromatic heterocycles. The molecule has 0 aromatic carbocycles. The van der Waals surface area contributed by atoms with Gasteiger partial charge in [0.05, 0.1) is 5.70 Å². The molecule has 0 bridgehead atoms. The van der Waals surface area contributed by atoms with E-state index in [9.17, 15) is 0 Å². The van der Waals surface area contributed by atoms with E-state index in [1.807, 2.05) is 0 Å². The molecule has 0 aliphatic carbocycles. The molecule has 1 aliphatic rings. The maximum Gasteiger partial charge on any atom is 0.150 e. The van der Waals surface area contributed by atoms with E-state index in [0.29, 0.717) is 10.2 Å². The Labute approximate surface area is 81.5 Å². The van der Waals surface area contributed by atoms with Gasteiger partial charge in [0.2, 0.25) is 0 Å². The Hall–Kier alpha value is -0.730. The predicted octanol–water partition coefficient (Wildman–Crippen LogP) is 3.02. The quantitative estimate of drug-likeness (QED) is 0.639. The van der Waals surface area contributed by atoms with E-state index in [4.69, 9.17) is 23.2 Å². The summed E-state index contributed by atoms with van der Waals surface area (Å²) < 4.78 is 0. The van der Waals surface area contributed by atoms with Crippen molar-refractivity contribution in [1.29, 1.82) is 0 Å². The van der Waals surface area contributed by atoms with E-state index in [2.05, 4.69) is 11.7 Å². The van der Waals surface area contributed by atoms with Crippen molar-refractivity contribution in [1.82, 2.24) is 5.01 Å². The highest BCUT2D eigenvalue weighted by molar-refractivity contribution is 6.68. The van der Waals surface area contributed by atoms with Gasteiger partial charge in [-0.2, -0.15) is 5.10 Å². The average Bonchev–Trinajstić information content (AvgIpc) is 1.96. The Balaban J connectivity index is 2.85. The molecule has 2 nitrogen and oxygen atoms in total. The smallest absolute Gasteiger partial charge is 0.150 e. The molecule has 0 saturated carbocycles. The third-order valence-corrected chi connectivity index (χ3v) is 1.51. The largest absolute Gasteiger partial charge is 0.239 e. The van der Waals surface area contributed by atoms with Crippen molar-refractivity contribution in [2.24, 2.45) is 5.10 Å². The minimum absolute atomic E-state index is 0.413. The first-order valence-electron chi connectivity index (χ1n) is 3.34. The summed E-state index contributed by atoms with van der Waals surface area (Å²) in [5.74, 6) is 0. The Morgan fingerprint density at radius 3 is 2.92 bits per heavy atom. The van der Waals surface area contributed by atoms with Crippen LogP contribution in [0.25, 0.3) is 0 Å². The number of rotatable bonds is 1. The zero-order valence-corrected chi connectivity index (χ0v) is 8.10. The van der Waals surface area contributed by atoms with Crippen molar-refractivity contribution in [2.75, 3.05) is 0 Å². The van der Waals surface area contributed by atoms with E-state index < -0.39 is 0 Å². The number of hydrazone groups is 1. The molecule has 0 saturated heterocycles. The fourth-order valence-electron chi connectivity index (χ4n) is 0.722. The van der Waals surface area contributed by atoms with Gasteiger partial charge in [-0.3, -0.25) is 0 Å². The van der Waals surface area contributed by atoms with Gasteiger partial charge in [-0.1, -0.05) is 29.8 Å². The van der Waals surface area contributed by atoms with Crippen LogP contribution in [0.4, 0.5) is 0 Å². The second-order valence-corrected chi connectivity index (χ2v) is 3.29. The fraction of sp³-hybridized carbons (Fsp3) is 0.125. The van der Waals surface area contributed by atoms with Crippen LogP contribution in [0.15, 0.2) is 40.8 Å². The molecule has 4 heteroatoms. The summed E-state index contributed by atoms with van der Waals surface area (Å²) in [5.41, 5.74) is 0.736. The fourth-order valence-corrected chi connectivity index (χ4v) is 0.959. The van der Waals surface area contributed by atoms with Crippen molar-refractivity contribution in [3.8, 4) is 0 Å². The third kappa shape index (κ3) is 2.40. The highest BCUT2D eigenvalue weighted by atomic mass is 35.5. The maximum absolute atomic E-state index is 5.67. The van der Waals surface area contributed by atoms with Gasteiger partial charge in [-0.25, -0.2) is 5.01 Å². The van der Waals surface area contributed by atoms with Crippen LogP contribution in [-0.2, 0) is 0 Å². The van der Waals surface area contributed by atoms with Crippen LogP contribution in [0.5, 0.6) is 0 Å². The number of hydrogen-bond donors (Lipinski definition) is 0. The average molecular weight is 203 g/mol. The number of allylic oxidation sites excluding steroid dienone is 3. The summed E-state index contributed by atoms with van der Waals surface area (Å²) in [6, 6.07) is 0. The Morgan fingerprint density at radius 1 is 1.67 bits per heavy atom. The molecular weight excluding hydrogens is 195 g/mol. The van der Waals surface area contributed by atoms with Crippen molar-refractivity contribution in [2.45, 2.75) is 6.92 Å². The predicted molar refractivity (Wildman–Crippen MR) is 53.0 cm³/mol. The van der Waals surface area contributed by atoms with Gasteiger partial charge in [0, 0.05) is 11.2 Å². The first-order chi connectivity index (χ1) is 5.59. The zero-order chi connectivity index (χ0) is 9.14. The standard InChI is InChI=1S/C8H8Cl2N2/c1-6(9)5-12-7(2)3-4-8(10)11-12/h3-5H,2H2,1H3/b6-5+. The van der Waals surface area contributed by atoms with Gasteiger partial charge >= 0.3 is 0 Å². The van der Waals surface area contributed by atoms with Gasteiger partial charge in [-0.05, 0) is 19.1 Å². The third-order valence-electron chi connectivity index (χ3n) is 1.21. The molecule has 0 spiro atoms. The topological polar surface area (TPSA) is 15.6 Å². The Kier molecular flexibility index (Phi) is 2.95. The maximum atomic E-state index is 5.67. The van der Waals surface area contributed by atoms with Crippen LogP contribution in [0.1, 0.15) is 6.92 Å². The van der Waals surface area contributed by atoms with Crippen LogP contribution in [0, 0.1) is 0 Å². The highest BCUT2D eigenvalue weighted by Gasteiger charge is 2.06. The van der Waals surface area contributed by atoms with Gasteiger partial charge in [0.25, 0.3) is 0 Å². The molecule has 0 N–H and O–H groups in total. The Bertz CT molecular complexity index is 285. The zero-order valence-electron chi connectivity index (χ0n) is 6.59. The second kappa shape index (κ2) is 3.78. The van der Waals surface area contributed by atoms with Crippen molar-refractivity contribution >= 4 is 28.4 Å². The molecule has 0 aromatic rings. The highest BCUT2D eigenvalue weighted by Crippen LogP contribution is 2.15. The molecule has 0 amide bonds. The molecule has 64 valence electrons. The molecule has 12 heavy (non-hydrogen) atoms. The molecule has 0 radical (unpaired) electrons. The lowest BCUT2D eigenvalue weighted by Crippen LogP contribution is -2.12. The van der Waals surface area contributed by atoms with Crippen LogP contribution in [0.3, 0.4) is 0 Å². The molecule has 1 rings (SSSR count). The van der Waals surface area contributed by atoms with Gasteiger partial charge in [-0.15, -0.1) is 0 Å². The minimum atomic E-state index is 0.413. The lowest BCUT2D eigenvalue weighted by Gasteiger charge is -2.17. The lowest BCUT2D eigenvalue weighted by atomic mass is 10.4. The number of hydrogen-bond acceptors (Lipinski definition) is 2. The molecule has 1 heterocycles. The molecule has 0 atom stereocenters. The summed E-state index contributed by atoms with van der Waals surface area (Å²) in [6.45, 7) is 5.51. The summed E-state index contributed by atoms with van der Waals surface area (Å²) in [4.78, 5) is 0. The minimum Gasteiger partial charge on any atom is -0.239 e. The summed E-state index contributed by atoms with van der Waals surface area (Å²) in [5, 5.41) is 6.54. The van der Waals surface area contributed by atoms with Crippen LogP contribution < -0.4 is 0 Å². The van der Waals surface area contributed by atoms with Gasteiger partial charge in [0.15, 0.2) is 0 Å². The number of nitrogens with zero attached hydrogens (tertiary/aromatic N) is 2. The molecule has 0 fully saturated rings. The van der Waals surface area contributed by atoms with Crippen LogP contribution >= 0.6 is 23.2 Å².